The molecule has 2 aromatic rings. The number of rotatable bonds is 4. The van der Waals surface area contributed by atoms with Gasteiger partial charge in [-0.25, -0.2) is 0 Å². The van der Waals surface area contributed by atoms with Crippen molar-refractivity contribution in [2.24, 2.45) is 0 Å². The second-order valence-corrected chi connectivity index (χ2v) is 6.53. The Kier molecular flexibility index (Phi) is 4.81. The van der Waals surface area contributed by atoms with Gasteiger partial charge in [0.25, 0.3) is 5.91 Å². The Morgan fingerprint density at radius 3 is 2.96 bits per heavy atom. The smallest absolute Gasteiger partial charge is 0.290 e. The number of hydrogen-bond acceptors (Lipinski definition) is 3. The van der Waals surface area contributed by atoms with Crippen LogP contribution < -0.4 is 5.32 Å². The van der Waals surface area contributed by atoms with Crippen molar-refractivity contribution in [2.75, 3.05) is 13.1 Å². The highest BCUT2D eigenvalue weighted by Crippen LogP contribution is 2.32. The van der Waals surface area contributed by atoms with Gasteiger partial charge < -0.3 is 14.6 Å². The zero-order valence-corrected chi connectivity index (χ0v) is 14.7. The van der Waals surface area contributed by atoms with Crippen LogP contribution in [0.4, 0.5) is 0 Å². The first-order valence-electron chi connectivity index (χ1n) is 8.31. The number of halogens is 1. The van der Waals surface area contributed by atoms with Crippen molar-refractivity contribution in [3.63, 3.8) is 0 Å². The summed E-state index contributed by atoms with van der Waals surface area (Å²) in [4.78, 5) is 26.9. The van der Waals surface area contributed by atoms with E-state index in [4.69, 9.17) is 16.0 Å². The lowest BCUT2D eigenvalue weighted by Crippen LogP contribution is -2.57. The number of piperazine rings is 1. The number of carbonyl (C=O) groups is 2. The van der Waals surface area contributed by atoms with Crippen molar-refractivity contribution in [1.29, 1.82) is 0 Å². The fraction of sp³-hybridized carbons (Fsp3) is 0.444. The molecule has 0 saturated carbocycles. The molecule has 5 nitrogen and oxygen atoms in total. The number of nitrogens with one attached hydrogen (secondary N) is 1. The Morgan fingerprint density at radius 1 is 1.46 bits per heavy atom. The molecule has 0 radical (unpaired) electrons. The van der Waals surface area contributed by atoms with Gasteiger partial charge >= 0.3 is 0 Å². The number of benzene rings is 1. The Bertz CT molecular complexity index is 784. The zero-order chi connectivity index (χ0) is 17.3. The third kappa shape index (κ3) is 2.88. The van der Waals surface area contributed by atoms with Crippen LogP contribution in [-0.2, 0) is 4.79 Å². The molecule has 3 rings (SSSR count). The van der Waals surface area contributed by atoms with E-state index in [9.17, 15) is 9.59 Å². The third-order valence-corrected chi connectivity index (χ3v) is 4.83. The number of furan rings is 1. The van der Waals surface area contributed by atoms with Crippen molar-refractivity contribution < 1.29 is 14.0 Å². The van der Waals surface area contributed by atoms with E-state index in [0.717, 1.165) is 23.8 Å². The Labute approximate surface area is 145 Å². The first kappa shape index (κ1) is 16.8. The molecule has 0 spiro atoms. The van der Waals surface area contributed by atoms with E-state index < -0.39 is 6.04 Å². The molecule has 6 heteroatoms. The van der Waals surface area contributed by atoms with Gasteiger partial charge in [0, 0.05) is 24.0 Å². The highest BCUT2D eigenvalue weighted by Gasteiger charge is 2.35. The van der Waals surface area contributed by atoms with Crippen LogP contribution in [0, 0.1) is 6.92 Å². The van der Waals surface area contributed by atoms with Crippen LogP contribution >= 0.6 is 11.6 Å². The van der Waals surface area contributed by atoms with Crippen LogP contribution in [0.3, 0.4) is 0 Å². The molecule has 24 heavy (non-hydrogen) atoms. The lowest BCUT2D eigenvalue weighted by molar-refractivity contribution is -0.128. The molecule has 1 aromatic heterocycles. The van der Waals surface area contributed by atoms with E-state index in [2.05, 4.69) is 12.2 Å². The molecule has 1 saturated heterocycles. The molecule has 1 fully saturated rings. The van der Waals surface area contributed by atoms with Gasteiger partial charge in [-0.3, -0.25) is 9.59 Å². The molecule has 2 heterocycles. The summed E-state index contributed by atoms with van der Waals surface area (Å²) in [5.74, 6) is -0.0557. The summed E-state index contributed by atoms with van der Waals surface area (Å²) in [6, 6.07) is 5.02. The van der Waals surface area contributed by atoms with Crippen LogP contribution in [-0.4, -0.2) is 35.8 Å². The number of hydrogen-bond donors (Lipinski definition) is 1. The third-order valence-electron chi connectivity index (χ3n) is 4.53. The molecule has 1 atom stereocenters. The SMILES string of the molecule is CCCCC1C(=O)NCCN1C(=O)c1oc2c(Cl)cccc2c1C. The average molecular weight is 349 g/mol. The second kappa shape index (κ2) is 6.85. The van der Waals surface area contributed by atoms with Crippen molar-refractivity contribution in [3.8, 4) is 0 Å². The van der Waals surface area contributed by atoms with Gasteiger partial charge in [0.1, 0.15) is 6.04 Å². The quantitative estimate of drug-likeness (QED) is 0.919. The van der Waals surface area contributed by atoms with Crippen molar-refractivity contribution >= 4 is 34.4 Å². The fourth-order valence-electron chi connectivity index (χ4n) is 3.19. The van der Waals surface area contributed by atoms with E-state index in [1.54, 1.807) is 11.0 Å². The summed E-state index contributed by atoms with van der Waals surface area (Å²) in [7, 11) is 0. The maximum atomic E-state index is 13.0. The molecular weight excluding hydrogens is 328 g/mol. The van der Waals surface area contributed by atoms with E-state index in [0.29, 0.717) is 30.1 Å². The predicted molar refractivity (Wildman–Crippen MR) is 93.3 cm³/mol. The molecule has 0 aliphatic carbocycles. The van der Waals surface area contributed by atoms with Gasteiger partial charge in [-0.2, -0.15) is 0 Å². The number of fused-ring (bicyclic) bond motifs is 1. The minimum atomic E-state index is -0.436. The van der Waals surface area contributed by atoms with Gasteiger partial charge in [-0.05, 0) is 19.4 Å². The van der Waals surface area contributed by atoms with Crippen LogP contribution in [0.2, 0.25) is 5.02 Å². The normalized spacial score (nSPS) is 18.0. The molecule has 0 bridgehead atoms. The number of amides is 2. The summed E-state index contributed by atoms with van der Waals surface area (Å²) >= 11 is 6.17. The summed E-state index contributed by atoms with van der Waals surface area (Å²) in [6.45, 7) is 4.87. The van der Waals surface area contributed by atoms with E-state index in [-0.39, 0.29) is 17.6 Å². The topological polar surface area (TPSA) is 62.6 Å². The number of para-hydroxylation sites is 1. The first-order valence-corrected chi connectivity index (χ1v) is 8.68. The minimum Gasteiger partial charge on any atom is -0.449 e. The minimum absolute atomic E-state index is 0.0881. The number of nitrogens with zero attached hydrogens (tertiary/aromatic N) is 1. The van der Waals surface area contributed by atoms with Crippen LogP contribution in [0.5, 0.6) is 0 Å². The lowest BCUT2D eigenvalue weighted by Gasteiger charge is -2.34. The van der Waals surface area contributed by atoms with Crippen LogP contribution in [0.25, 0.3) is 11.0 Å². The summed E-state index contributed by atoms with van der Waals surface area (Å²) in [5.41, 5.74) is 1.28. The number of aryl methyl sites for hydroxylation is 1. The monoisotopic (exact) mass is 348 g/mol. The van der Waals surface area contributed by atoms with Gasteiger partial charge in [0.05, 0.1) is 5.02 Å². The number of unbranched alkanes of at least 4 members (excludes halogenated alkanes) is 1. The summed E-state index contributed by atoms with van der Waals surface area (Å²) < 4.78 is 5.78. The van der Waals surface area contributed by atoms with Crippen molar-refractivity contribution in [1.82, 2.24) is 10.2 Å². The molecule has 2 amide bonds. The lowest BCUT2D eigenvalue weighted by atomic mass is 10.0. The van der Waals surface area contributed by atoms with Crippen LogP contribution in [0.1, 0.15) is 42.3 Å². The standard InChI is InChI=1S/C18H21ClN2O3/c1-3-4-8-14-17(22)20-9-10-21(14)18(23)15-11(2)12-6-5-7-13(19)16(12)24-15/h5-7,14H,3-4,8-10H2,1-2H3,(H,20,22). The highest BCUT2D eigenvalue weighted by atomic mass is 35.5. The molecule has 1 aromatic carbocycles. The summed E-state index contributed by atoms with van der Waals surface area (Å²) in [6.07, 6.45) is 2.53. The van der Waals surface area contributed by atoms with Crippen LogP contribution in [0.15, 0.2) is 22.6 Å². The van der Waals surface area contributed by atoms with Gasteiger partial charge in [-0.1, -0.05) is 43.5 Å². The van der Waals surface area contributed by atoms with Crippen molar-refractivity contribution in [2.45, 2.75) is 39.2 Å². The molecule has 128 valence electrons. The number of carbonyl (C=O) groups excluding carboxylic acids is 2. The Balaban J connectivity index is 1.96. The second-order valence-electron chi connectivity index (χ2n) is 6.12. The van der Waals surface area contributed by atoms with Gasteiger partial charge in [-0.15, -0.1) is 0 Å². The maximum Gasteiger partial charge on any atom is 0.290 e. The zero-order valence-electron chi connectivity index (χ0n) is 13.9. The van der Waals surface area contributed by atoms with Crippen molar-refractivity contribution in [3.05, 3.63) is 34.5 Å². The van der Waals surface area contributed by atoms with E-state index in [1.165, 1.54) is 0 Å². The molecule has 1 aliphatic heterocycles. The molecule has 1 aliphatic rings. The largest absolute Gasteiger partial charge is 0.449 e. The predicted octanol–water partition coefficient (Wildman–Crippen LogP) is 3.53. The van der Waals surface area contributed by atoms with E-state index in [1.807, 2.05) is 19.1 Å². The molecular formula is C18H21ClN2O3. The Hall–Kier alpha value is -2.01. The summed E-state index contributed by atoms with van der Waals surface area (Å²) in [5, 5.41) is 4.15. The average Bonchev–Trinajstić information content (AvgIpc) is 2.91. The van der Waals surface area contributed by atoms with E-state index >= 15 is 0 Å². The fourth-order valence-corrected chi connectivity index (χ4v) is 3.40. The molecule has 1 unspecified atom stereocenters. The van der Waals surface area contributed by atoms with Gasteiger partial charge in [0.15, 0.2) is 11.3 Å². The highest BCUT2D eigenvalue weighted by molar-refractivity contribution is 6.35. The Morgan fingerprint density at radius 2 is 2.25 bits per heavy atom. The maximum absolute atomic E-state index is 13.0. The molecule has 1 N–H and O–H groups in total. The van der Waals surface area contributed by atoms with Gasteiger partial charge in [0.2, 0.25) is 5.91 Å². The first-order chi connectivity index (χ1) is 11.5.